The summed E-state index contributed by atoms with van der Waals surface area (Å²) in [5.74, 6) is -0.779. The van der Waals surface area contributed by atoms with Crippen LogP contribution in [-0.4, -0.2) is 27.0 Å². The molecule has 3 rings (SSSR count). The van der Waals surface area contributed by atoms with Crippen molar-refractivity contribution in [1.29, 1.82) is 0 Å². The number of aromatic hydroxyl groups is 1. The number of nitrogens with one attached hydrogen (secondary N) is 1. The van der Waals surface area contributed by atoms with Crippen LogP contribution in [0.25, 0.3) is 5.69 Å². The average Bonchev–Trinajstić information content (AvgIpc) is 2.92. The number of nitrogens with zero attached hydrogens (tertiary/aromatic N) is 3. The van der Waals surface area contributed by atoms with Gasteiger partial charge in [-0.25, -0.2) is 10.1 Å². The molecule has 8 heteroatoms. The molecule has 2 N–H and O–H groups in total. The van der Waals surface area contributed by atoms with Crippen LogP contribution < -0.4 is 5.43 Å². The fraction of sp³-hybridized carbons (Fsp3) is 0.0556. The molecular weight excluding hydrogens is 375 g/mol. The van der Waals surface area contributed by atoms with Gasteiger partial charge in [-0.15, -0.1) is 0 Å². The van der Waals surface area contributed by atoms with E-state index in [1.807, 2.05) is 30.3 Å². The number of carbonyl (C=O) groups excluding carboxylic acids is 1. The predicted octanol–water partition coefficient (Wildman–Crippen LogP) is 3.96. The van der Waals surface area contributed by atoms with Crippen molar-refractivity contribution in [1.82, 2.24) is 15.2 Å². The minimum Gasteiger partial charge on any atom is -0.507 e. The number of halogens is 2. The summed E-state index contributed by atoms with van der Waals surface area (Å²) in [5, 5.41) is 18.7. The van der Waals surface area contributed by atoms with Gasteiger partial charge in [-0.2, -0.15) is 10.2 Å². The lowest BCUT2D eigenvalue weighted by Gasteiger charge is -2.03. The zero-order chi connectivity index (χ0) is 18.7. The van der Waals surface area contributed by atoms with Crippen molar-refractivity contribution in [2.75, 3.05) is 0 Å². The lowest BCUT2D eigenvalue weighted by atomic mass is 10.2. The smallest absolute Gasteiger partial charge is 0.275 e. The summed E-state index contributed by atoms with van der Waals surface area (Å²) < 4.78 is 1.59. The van der Waals surface area contributed by atoms with E-state index in [1.54, 1.807) is 11.6 Å². The number of rotatable bonds is 4. The Morgan fingerprint density at radius 2 is 1.96 bits per heavy atom. The van der Waals surface area contributed by atoms with E-state index in [2.05, 4.69) is 15.6 Å². The number of hydrazone groups is 1. The zero-order valence-electron chi connectivity index (χ0n) is 13.6. The van der Waals surface area contributed by atoms with Crippen LogP contribution in [0.3, 0.4) is 0 Å². The molecule has 132 valence electrons. The van der Waals surface area contributed by atoms with Crippen molar-refractivity contribution in [2.24, 2.45) is 5.10 Å². The number of hydrogen-bond donors (Lipinski definition) is 2. The molecule has 6 nitrogen and oxygen atoms in total. The number of carbonyl (C=O) groups is 1. The number of phenols is 1. The molecule has 26 heavy (non-hydrogen) atoms. The molecule has 0 aliphatic rings. The van der Waals surface area contributed by atoms with Crippen LogP contribution in [-0.2, 0) is 0 Å². The van der Waals surface area contributed by atoms with E-state index < -0.39 is 5.91 Å². The Labute approximate surface area is 159 Å². The average molecular weight is 389 g/mol. The highest BCUT2D eigenvalue weighted by atomic mass is 35.5. The van der Waals surface area contributed by atoms with Crippen molar-refractivity contribution in [3.8, 4) is 11.4 Å². The molecule has 0 unspecified atom stereocenters. The van der Waals surface area contributed by atoms with Gasteiger partial charge >= 0.3 is 0 Å². The first-order valence-electron chi connectivity index (χ1n) is 7.60. The maximum absolute atomic E-state index is 12.1. The number of para-hydroxylation sites is 1. The van der Waals surface area contributed by atoms with E-state index in [1.165, 1.54) is 24.4 Å². The van der Waals surface area contributed by atoms with E-state index in [0.29, 0.717) is 21.4 Å². The van der Waals surface area contributed by atoms with E-state index >= 15 is 0 Å². The molecule has 0 bridgehead atoms. The Morgan fingerprint density at radius 3 is 2.69 bits per heavy atom. The third-order valence-electron chi connectivity index (χ3n) is 3.61. The second-order valence-electron chi connectivity index (χ2n) is 5.40. The summed E-state index contributed by atoms with van der Waals surface area (Å²) in [6, 6.07) is 13.6. The maximum Gasteiger partial charge on any atom is 0.275 e. The van der Waals surface area contributed by atoms with Crippen molar-refractivity contribution < 1.29 is 9.90 Å². The summed E-state index contributed by atoms with van der Waals surface area (Å²) >= 11 is 12.2. The molecule has 1 amide bonds. The highest BCUT2D eigenvalue weighted by molar-refractivity contribution is 6.32. The Kier molecular flexibility index (Phi) is 5.25. The molecule has 0 saturated carbocycles. The zero-order valence-corrected chi connectivity index (χ0v) is 15.2. The molecule has 1 aromatic heterocycles. The fourth-order valence-corrected chi connectivity index (χ4v) is 2.80. The van der Waals surface area contributed by atoms with Gasteiger partial charge in [0, 0.05) is 5.02 Å². The molecular formula is C18H14Cl2N4O2. The Hall–Kier alpha value is -2.83. The molecule has 0 radical (unpaired) electrons. The van der Waals surface area contributed by atoms with Gasteiger partial charge in [-0.1, -0.05) is 41.4 Å². The second-order valence-corrected chi connectivity index (χ2v) is 6.19. The Bertz CT molecular complexity index is 984. The summed E-state index contributed by atoms with van der Waals surface area (Å²) in [5.41, 5.74) is 4.40. The van der Waals surface area contributed by atoms with Crippen LogP contribution in [0.15, 0.2) is 53.6 Å². The largest absolute Gasteiger partial charge is 0.507 e. The summed E-state index contributed by atoms with van der Waals surface area (Å²) in [6.07, 6.45) is 1.41. The molecule has 1 heterocycles. The quantitative estimate of drug-likeness (QED) is 0.524. The molecule has 0 atom stereocenters. The highest BCUT2D eigenvalue weighted by Crippen LogP contribution is 2.23. The van der Waals surface area contributed by atoms with Crippen LogP contribution in [0.2, 0.25) is 10.2 Å². The lowest BCUT2D eigenvalue weighted by Crippen LogP contribution is -2.17. The van der Waals surface area contributed by atoms with Crippen molar-refractivity contribution in [3.63, 3.8) is 0 Å². The van der Waals surface area contributed by atoms with Crippen molar-refractivity contribution in [2.45, 2.75) is 6.92 Å². The van der Waals surface area contributed by atoms with Crippen molar-refractivity contribution >= 4 is 35.3 Å². The maximum atomic E-state index is 12.1. The van der Waals surface area contributed by atoms with E-state index in [9.17, 15) is 9.90 Å². The van der Waals surface area contributed by atoms with Crippen LogP contribution >= 0.6 is 23.2 Å². The third kappa shape index (κ3) is 3.71. The van der Waals surface area contributed by atoms with Gasteiger partial charge in [0.1, 0.15) is 10.9 Å². The van der Waals surface area contributed by atoms with E-state index in [0.717, 1.165) is 5.69 Å². The second kappa shape index (κ2) is 7.59. The number of phenolic OH excluding ortho intramolecular Hbond substituents is 1. The number of aromatic nitrogens is 2. The number of amides is 1. The highest BCUT2D eigenvalue weighted by Gasteiger charge is 2.14. The molecule has 2 aromatic carbocycles. The topological polar surface area (TPSA) is 79.5 Å². The van der Waals surface area contributed by atoms with Gasteiger partial charge in [0.2, 0.25) is 0 Å². The Balaban J connectivity index is 1.80. The molecule has 0 aliphatic heterocycles. The van der Waals surface area contributed by atoms with Crippen LogP contribution in [0.1, 0.15) is 21.6 Å². The molecule has 0 aliphatic carbocycles. The van der Waals surface area contributed by atoms with Crippen LogP contribution in [0, 0.1) is 6.92 Å². The van der Waals surface area contributed by atoms with Gasteiger partial charge in [0.15, 0.2) is 0 Å². The monoisotopic (exact) mass is 388 g/mol. The summed E-state index contributed by atoms with van der Waals surface area (Å²) in [6.45, 7) is 1.79. The molecule has 3 aromatic rings. The normalized spacial score (nSPS) is 11.0. The third-order valence-corrected chi connectivity index (χ3v) is 4.21. The first kappa shape index (κ1) is 18.0. The minimum absolute atomic E-state index is 0.0254. The fourth-order valence-electron chi connectivity index (χ4n) is 2.30. The summed E-state index contributed by atoms with van der Waals surface area (Å²) in [7, 11) is 0. The van der Waals surface area contributed by atoms with Gasteiger partial charge in [-0.3, -0.25) is 4.79 Å². The van der Waals surface area contributed by atoms with Crippen molar-refractivity contribution in [3.05, 3.63) is 75.5 Å². The lowest BCUT2D eigenvalue weighted by molar-refractivity contribution is 0.0952. The number of hydrogen-bond acceptors (Lipinski definition) is 4. The number of benzene rings is 2. The van der Waals surface area contributed by atoms with Crippen LogP contribution in [0.5, 0.6) is 5.75 Å². The molecule has 0 spiro atoms. The van der Waals surface area contributed by atoms with Gasteiger partial charge in [-0.05, 0) is 37.3 Å². The Morgan fingerprint density at radius 1 is 1.23 bits per heavy atom. The van der Waals surface area contributed by atoms with Gasteiger partial charge in [0.05, 0.1) is 28.7 Å². The molecule has 0 saturated heterocycles. The van der Waals surface area contributed by atoms with Gasteiger partial charge in [0.25, 0.3) is 5.91 Å². The first-order valence-corrected chi connectivity index (χ1v) is 8.35. The summed E-state index contributed by atoms with van der Waals surface area (Å²) in [4.78, 5) is 12.1. The standard InChI is InChI=1S/C18H14Cl2N4O2/c1-11-15(17(20)24(23-11)13-5-3-2-4-6-13)10-21-22-18(26)14-9-12(19)7-8-16(14)25/h2-10,25H,1H3,(H,22,26). The first-order chi connectivity index (χ1) is 12.5. The predicted molar refractivity (Wildman–Crippen MR) is 101 cm³/mol. The van der Waals surface area contributed by atoms with Crippen LogP contribution in [0.4, 0.5) is 0 Å². The van der Waals surface area contributed by atoms with Gasteiger partial charge < -0.3 is 5.11 Å². The van der Waals surface area contributed by atoms with E-state index in [-0.39, 0.29) is 11.3 Å². The minimum atomic E-state index is -0.592. The SMILES string of the molecule is Cc1nn(-c2ccccc2)c(Cl)c1C=NNC(=O)c1cc(Cl)ccc1O. The number of aryl methyl sites for hydroxylation is 1. The van der Waals surface area contributed by atoms with E-state index in [4.69, 9.17) is 23.2 Å². The molecule has 0 fully saturated rings.